The zero-order valence-electron chi connectivity index (χ0n) is 6.16. The molecule has 12 heavy (non-hydrogen) atoms. The molecule has 0 amide bonds. The van der Waals surface area contributed by atoms with Crippen molar-refractivity contribution >= 4 is 45.4 Å². The molecule has 0 fully saturated rings. The van der Waals surface area contributed by atoms with Crippen molar-refractivity contribution in [2.45, 2.75) is 6.00 Å². The molecule has 2 aromatic rings. The van der Waals surface area contributed by atoms with E-state index in [0.717, 1.165) is 9.47 Å². The van der Waals surface area contributed by atoms with Crippen LogP contribution in [0.15, 0.2) is 24.3 Å². The van der Waals surface area contributed by atoms with E-state index in [0.29, 0.717) is 6.00 Å². The first-order valence-corrected chi connectivity index (χ1v) is 5.23. The molecule has 2 rings (SSSR count). The van der Waals surface area contributed by atoms with Gasteiger partial charge in [-0.1, -0.05) is 12.1 Å². The fourth-order valence-corrected chi connectivity index (χ4v) is 2.84. The molecule has 0 atom stereocenters. The highest BCUT2D eigenvalue weighted by Gasteiger charge is 2.01. The number of fused-ring (bicyclic) bond motifs is 1. The van der Waals surface area contributed by atoms with Gasteiger partial charge in [-0.15, -0.1) is 22.9 Å². The predicted molar refractivity (Wildman–Crippen MR) is 56.5 cm³/mol. The van der Waals surface area contributed by atoms with E-state index < -0.39 is 0 Å². The van der Waals surface area contributed by atoms with Crippen molar-refractivity contribution < 1.29 is 0 Å². The average molecular weight is 216 g/mol. The maximum absolute atomic E-state index is 5.76. The van der Waals surface area contributed by atoms with Gasteiger partial charge in [-0.05, 0) is 24.4 Å². The lowest BCUT2D eigenvalue weighted by molar-refractivity contribution is 0.927. The molecule has 4 heteroatoms. The summed E-state index contributed by atoms with van der Waals surface area (Å²) in [5.74, 6) is 0. The molecule has 1 nitrogen and oxygen atoms in total. The van der Waals surface area contributed by atoms with Crippen molar-refractivity contribution in [2.24, 2.45) is 0 Å². The van der Waals surface area contributed by atoms with Crippen LogP contribution in [0.1, 0.15) is 0 Å². The van der Waals surface area contributed by atoms with Crippen molar-refractivity contribution in [2.75, 3.05) is 0 Å². The first kappa shape index (κ1) is 8.23. The lowest BCUT2D eigenvalue weighted by atomic mass is 10.3. The number of aromatic nitrogens is 1. The molecule has 0 aliphatic carbocycles. The third-order valence-electron chi connectivity index (χ3n) is 1.69. The van der Waals surface area contributed by atoms with E-state index in [-0.39, 0.29) is 0 Å². The first-order chi connectivity index (χ1) is 5.83. The van der Waals surface area contributed by atoms with Crippen molar-refractivity contribution in [1.29, 1.82) is 0 Å². The zero-order chi connectivity index (χ0) is 8.55. The fourth-order valence-electron chi connectivity index (χ4n) is 1.13. The molecule has 0 unspecified atom stereocenters. The van der Waals surface area contributed by atoms with E-state index in [1.165, 1.54) is 4.70 Å². The molecular formula is C8H6ClNS2. The Morgan fingerprint density at radius 1 is 1.42 bits per heavy atom. The first-order valence-electron chi connectivity index (χ1n) is 3.47. The number of thiazole rings is 1. The molecule has 0 aliphatic rings. The monoisotopic (exact) mass is 215 g/mol. The van der Waals surface area contributed by atoms with Gasteiger partial charge in [0, 0.05) is 0 Å². The highest BCUT2D eigenvalue weighted by atomic mass is 35.5. The molecule has 1 aromatic carbocycles. The van der Waals surface area contributed by atoms with Crippen LogP contribution in [-0.4, -0.2) is 4.57 Å². The summed E-state index contributed by atoms with van der Waals surface area (Å²) in [4.78, 5) is 0. The molecule has 1 aromatic heterocycles. The van der Waals surface area contributed by atoms with E-state index in [1.807, 2.05) is 22.8 Å². The number of nitrogens with zero attached hydrogens (tertiary/aromatic N) is 1. The fraction of sp³-hybridized carbons (Fsp3) is 0.125. The summed E-state index contributed by atoms with van der Waals surface area (Å²) in [5.41, 5.74) is 1.13. The highest BCUT2D eigenvalue weighted by molar-refractivity contribution is 7.73. The molecule has 0 bridgehead atoms. The minimum Gasteiger partial charge on any atom is -0.309 e. The smallest absolute Gasteiger partial charge is 0.163 e. The van der Waals surface area contributed by atoms with Crippen LogP contribution < -0.4 is 0 Å². The van der Waals surface area contributed by atoms with Crippen molar-refractivity contribution in [3.05, 3.63) is 28.2 Å². The van der Waals surface area contributed by atoms with Gasteiger partial charge in [-0.25, -0.2) is 0 Å². The number of rotatable bonds is 1. The minimum absolute atomic E-state index is 0.433. The maximum atomic E-state index is 5.76. The number of hydrogen-bond donors (Lipinski definition) is 0. The van der Waals surface area contributed by atoms with Gasteiger partial charge < -0.3 is 4.57 Å². The Morgan fingerprint density at radius 2 is 2.17 bits per heavy atom. The topological polar surface area (TPSA) is 4.93 Å². The van der Waals surface area contributed by atoms with Gasteiger partial charge in [0.25, 0.3) is 0 Å². The van der Waals surface area contributed by atoms with Gasteiger partial charge >= 0.3 is 0 Å². The molecule has 0 spiro atoms. The third kappa shape index (κ3) is 1.18. The van der Waals surface area contributed by atoms with Crippen LogP contribution in [0.4, 0.5) is 0 Å². The van der Waals surface area contributed by atoms with Crippen molar-refractivity contribution in [3.63, 3.8) is 0 Å². The molecule has 0 radical (unpaired) electrons. The Balaban J connectivity index is 2.91. The van der Waals surface area contributed by atoms with Gasteiger partial charge in [0.15, 0.2) is 3.95 Å². The van der Waals surface area contributed by atoms with Gasteiger partial charge in [0.2, 0.25) is 0 Å². The van der Waals surface area contributed by atoms with Crippen LogP contribution in [0.5, 0.6) is 0 Å². The molecular weight excluding hydrogens is 210 g/mol. The number of hydrogen-bond acceptors (Lipinski definition) is 2. The van der Waals surface area contributed by atoms with Crippen LogP contribution >= 0.6 is 35.2 Å². The predicted octanol–water partition coefficient (Wildman–Crippen LogP) is 3.63. The largest absolute Gasteiger partial charge is 0.309 e. The number of alkyl halides is 1. The van der Waals surface area contributed by atoms with Gasteiger partial charge in [-0.2, -0.15) is 0 Å². The molecule has 1 heterocycles. The minimum atomic E-state index is 0.433. The van der Waals surface area contributed by atoms with Crippen LogP contribution in [0, 0.1) is 3.95 Å². The molecule has 0 saturated carbocycles. The number of benzene rings is 1. The van der Waals surface area contributed by atoms with Crippen LogP contribution in [0.3, 0.4) is 0 Å². The van der Waals surface area contributed by atoms with Crippen molar-refractivity contribution in [1.82, 2.24) is 4.57 Å². The molecule has 62 valence electrons. The lowest BCUT2D eigenvalue weighted by Crippen LogP contribution is -1.89. The molecule has 0 aliphatic heterocycles. The Bertz CT molecular complexity index is 457. The third-order valence-corrected chi connectivity index (χ3v) is 3.36. The van der Waals surface area contributed by atoms with Crippen LogP contribution in [0.25, 0.3) is 10.2 Å². The Labute approximate surface area is 84.2 Å². The quantitative estimate of drug-likeness (QED) is 0.520. The van der Waals surface area contributed by atoms with Gasteiger partial charge in [0.05, 0.1) is 16.2 Å². The number of halogens is 1. The second-order valence-corrected chi connectivity index (χ2v) is 4.30. The standard InChI is InChI=1S/C8H6ClNS2/c9-5-10-6-3-1-2-4-7(6)12-8(10)11/h1-4H,5H2. The number of para-hydroxylation sites is 1. The Kier molecular flexibility index (Phi) is 2.17. The Morgan fingerprint density at radius 3 is 2.92 bits per heavy atom. The SMILES string of the molecule is S=c1sc2ccccc2n1CCl. The second kappa shape index (κ2) is 3.17. The summed E-state index contributed by atoms with van der Waals surface area (Å²) in [5, 5.41) is 0. The second-order valence-electron chi connectivity index (χ2n) is 2.38. The summed E-state index contributed by atoms with van der Waals surface area (Å²) in [6, 6.07) is 8.52. The van der Waals surface area contributed by atoms with Crippen LogP contribution in [0.2, 0.25) is 0 Å². The molecule has 0 saturated heterocycles. The summed E-state index contributed by atoms with van der Waals surface area (Å²) in [7, 11) is 0. The van der Waals surface area contributed by atoms with E-state index in [9.17, 15) is 0 Å². The molecule has 0 N–H and O–H groups in total. The summed E-state index contributed by atoms with van der Waals surface area (Å²) in [6.07, 6.45) is 0. The van der Waals surface area contributed by atoms with Crippen LogP contribution in [-0.2, 0) is 6.00 Å². The summed E-state index contributed by atoms with van der Waals surface area (Å²) in [6.45, 7) is 0. The van der Waals surface area contributed by atoms with Gasteiger partial charge in [-0.3, -0.25) is 0 Å². The average Bonchev–Trinajstić information content (AvgIpc) is 2.40. The van der Waals surface area contributed by atoms with E-state index in [1.54, 1.807) is 11.3 Å². The Hall–Kier alpha value is -0.380. The van der Waals surface area contributed by atoms with Gasteiger partial charge in [0.1, 0.15) is 0 Å². The summed E-state index contributed by atoms with van der Waals surface area (Å²) >= 11 is 12.5. The summed E-state index contributed by atoms with van der Waals surface area (Å²) < 4.78 is 3.96. The zero-order valence-corrected chi connectivity index (χ0v) is 8.55. The van der Waals surface area contributed by atoms with E-state index >= 15 is 0 Å². The normalized spacial score (nSPS) is 10.8. The van der Waals surface area contributed by atoms with E-state index in [2.05, 4.69) is 6.07 Å². The maximum Gasteiger partial charge on any atom is 0.163 e. The highest BCUT2D eigenvalue weighted by Crippen LogP contribution is 2.22. The van der Waals surface area contributed by atoms with Crippen molar-refractivity contribution in [3.8, 4) is 0 Å². The lowest BCUT2D eigenvalue weighted by Gasteiger charge is -1.95. The van der Waals surface area contributed by atoms with E-state index in [4.69, 9.17) is 23.8 Å².